The van der Waals surface area contributed by atoms with E-state index >= 15 is 0 Å². The number of nitrogens with zero attached hydrogens (tertiary/aromatic N) is 5. The highest BCUT2D eigenvalue weighted by atomic mass is 16.2. The molecule has 2 aromatic rings. The lowest BCUT2D eigenvalue weighted by Gasteiger charge is -2.35. The number of rotatable bonds is 7. The molecule has 1 saturated carbocycles. The van der Waals surface area contributed by atoms with Crippen LogP contribution in [-0.4, -0.2) is 51.8 Å². The summed E-state index contributed by atoms with van der Waals surface area (Å²) >= 11 is 0. The largest absolute Gasteiger partial charge is 0.319 e. The Kier molecular flexibility index (Phi) is 6.17. The Morgan fingerprint density at radius 1 is 1.12 bits per heavy atom. The third kappa shape index (κ3) is 4.89. The van der Waals surface area contributed by atoms with Crippen LogP contribution in [0.3, 0.4) is 0 Å². The molecule has 0 bridgehead atoms. The van der Waals surface area contributed by atoms with Gasteiger partial charge in [-0.15, -0.1) is 10.2 Å². The van der Waals surface area contributed by atoms with Crippen LogP contribution in [0.25, 0.3) is 0 Å². The van der Waals surface area contributed by atoms with Crippen LogP contribution in [0.1, 0.15) is 32.1 Å². The zero-order chi connectivity index (χ0) is 17.5. The van der Waals surface area contributed by atoms with Crippen molar-refractivity contribution in [2.45, 2.75) is 44.7 Å². The molecule has 1 heterocycles. The molecule has 1 fully saturated rings. The number of anilines is 1. The zero-order valence-corrected chi connectivity index (χ0v) is 14.9. The Bertz CT molecular complexity index is 637. The second-order valence-corrected chi connectivity index (χ2v) is 6.83. The van der Waals surface area contributed by atoms with Crippen molar-refractivity contribution in [2.75, 3.05) is 25.0 Å². The molecule has 1 aromatic carbocycles. The van der Waals surface area contributed by atoms with Crippen LogP contribution in [0, 0.1) is 0 Å². The summed E-state index contributed by atoms with van der Waals surface area (Å²) in [5.74, 6) is 0.185. The fraction of sp³-hybridized carbons (Fsp3) is 0.526. The summed E-state index contributed by atoms with van der Waals surface area (Å²) in [6, 6.07) is 10.4. The molecule has 1 aliphatic rings. The Hall–Kier alpha value is -2.21. The number of hydrogen-bond donors (Lipinski definition) is 0. The van der Waals surface area contributed by atoms with Crippen LogP contribution >= 0.6 is 0 Å². The van der Waals surface area contributed by atoms with Gasteiger partial charge in [-0.1, -0.05) is 37.5 Å². The fourth-order valence-corrected chi connectivity index (χ4v) is 3.50. The smallest absolute Gasteiger partial charge is 0.241 e. The van der Waals surface area contributed by atoms with Crippen molar-refractivity contribution in [3.8, 4) is 0 Å². The number of amides is 1. The lowest BCUT2D eigenvalue weighted by Crippen LogP contribution is -2.46. The van der Waals surface area contributed by atoms with Gasteiger partial charge in [-0.2, -0.15) is 0 Å². The quantitative estimate of drug-likeness (QED) is 0.777. The molecule has 1 amide bonds. The Balaban J connectivity index is 1.63. The first-order chi connectivity index (χ1) is 12.2. The summed E-state index contributed by atoms with van der Waals surface area (Å²) in [6.07, 6.45) is 9.32. The second kappa shape index (κ2) is 8.76. The van der Waals surface area contributed by atoms with Gasteiger partial charge in [-0.25, -0.2) is 0 Å². The SMILES string of the molecule is CN(CCn1cnnc1)CC(=O)N(c1ccccc1)C1CCCCC1. The first kappa shape index (κ1) is 17.6. The van der Waals surface area contributed by atoms with Gasteiger partial charge in [0.25, 0.3) is 0 Å². The van der Waals surface area contributed by atoms with Crippen LogP contribution in [0.15, 0.2) is 43.0 Å². The number of likely N-dealkylation sites (N-methyl/N-ethyl adjacent to an activating group) is 1. The summed E-state index contributed by atoms with van der Waals surface area (Å²) in [5.41, 5.74) is 1.02. The lowest BCUT2D eigenvalue weighted by atomic mass is 9.93. The molecule has 25 heavy (non-hydrogen) atoms. The lowest BCUT2D eigenvalue weighted by molar-refractivity contribution is -0.120. The van der Waals surface area contributed by atoms with E-state index in [0.29, 0.717) is 12.6 Å². The number of carbonyl (C=O) groups is 1. The number of carbonyl (C=O) groups excluding carboxylic acids is 1. The van der Waals surface area contributed by atoms with Gasteiger partial charge in [0.2, 0.25) is 5.91 Å². The summed E-state index contributed by atoms with van der Waals surface area (Å²) in [6.45, 7) is 2.00. The zero-order valence-electron chi connectivity index (χ0n) is 14.9. The first-order valence-electron chi connectivity index (χ1n) is 9.12. The van der Waals surface area contributed by atoms with E-state index in [-0.39, 0.29) is 5.91 Å². The van der Waals surface area contributed by atoms with E-state index in [9.17, 15) is 4.79 Å². The molecule has 0 saturated heterocycles. The van der Waals surface area contributed by atoms with Gasteiger partial charge in [0.05, 0.1) is 6.54 Å². The van der Waals surface area contributed by atoms with Crippen LogP contribution in [-0.2, 0) is 11.3 Å². The molecule has 0 atom stereocenters. The predicted molar refractivity (Wildman–Crippen MR) is 98.3 cm³/mol. The van der Waals surface area contributed by atoms with E-state index in [1.54, 1.807) is 12.7 Å². The van der Waals surface area contributed by atoms with Crippen molar-refractivity contribution in [1.82, 2.24) is 19.7 Å². The molecule has 0 spiro atoms. The van der Waals surface area contributed by atoms with E-state index in [1.807, 2.05) is 46.8 Å². The molecule has 6 heteroatoms. The van der Waals surface area contributed by atoms with Crippen molar-refractivity contribution in [2.24, 2.45) is 0 Å². The van der Waals surface area contributed by atoms with Gasteiger partial charge in [-0.3, -0.25) is 9.69 Å². The highest BCUT2D eigenvalue weighted by Crippen LogP contribution is 2.27. The van der Waals surface area contributed by atoms with Gasteiger partial charge >= 0.3 is 0 Å². The number of benzene rings is 1. The molecule has 0 aliphatic heterocycles. The maximum absolute atomic E-state index is 13.1. The van der Waals surface area contributed by atoms with Crippen LogP contribution in [0.2, 0.25) is 0 Å². The Labute approximate surface area is 149 Å². The Morgan fingerprint density at radius 3 is 2.48 bits per heavy atom. The average Bonchev–Trinajstić information content (AvgIpc) is 3.16. The Morgan fingerprint density at radius 2 is 1.80 bits per heavy atom. The molecule has 0 N–H and O–H groups in total. The van der Waals surface area contributed by atoms with E-state index in [4.69, 9.17) is 0 Å². The van der Waals surface area contributed by atoms with E-state index < -0.39 is 0 Å². The van der Waals surface area contributed by atoms with E-state index in [2.05, 4.69) is 15.1 Å². The highest BCUT2D eigenvalue weighted by Gasteiger charge is 2.27. The van der Waals surface area contributed by atoms with Gasteiger partial charge in [0.15, 0.2) is 0 Å². The summed E-state index contributed by atoms with van der Waals surface area (Å²) < 4.78 is 1.93. The van der Waals surface area contributed by atoms with Crippen LogP contribution in [0.4, 0.5) is 5.69 Å². The molecule has 6 nitrogen and oxygen atoms in total. The van der Waals surface area contributed by atoms with Gasteiger partial charge in [-0.05, 0) is 32.0 Å². The van der Waals surface area contributed by atoms with Gasteiger partial charge < -0.3 is 9.47 Å². The maximum atomic E-state index is 13.1. The van der Waals surface area contributed by atoms with Crippen molar-refractivity contribution >= 4 is 11.6 Å². The van der Waals surface area contributed by atoms with E-state index in [0.717, 1.165) is 31.6 Å². The number of hydrogen-bond acceptors (Lipinski definition) is 4. The molecular formula is C19H27N5O. The summed E-state index contributed by atoms with van der Waals surface area (Å²) in [7, 11) is 1.99. The maximum Gasteiger partial charge on any atom is 0.241 e. The minimum Gasteiger partial charge on any atom is -0.319 e. The van der Waals surface area contributed by atoms with Crippen LogP contribution in [0.5, 0.6) is 0 Å². The monoisotopic (exact) mass is 341 g/mol. The number of aromatic nitrogens is 3. The van der Waals surface area contributed by atoms with Crippen molar-refractivity contribution in [3.05, 3.63) is 43.0 Å². The standard InChI is InChI=1S/C19H27N5O/c1-22(12-13-23-15-20-21-16-23)14-19(25)24(17-8-4-2-5-9-17)18-10-6-3-7-11-18/h2,4-5,8-9,15-16,18H,3,6-7,10-14H2,1H3. The molecule has 0 unspecified atom stereocenters. The second-order valence-electron chi connectivity index (χ2n) is 6.83. The summed E-state index contributed by atoms with van der Waals surface area (Å²) in [4.78, 5) is 17.2. The third-order valence-electron chi connectivity index (χ3n) is 4.85. The molecule has 134 valence electrons. The van der Waals surface area contributed by atoms with Crippen molar-refractivity contribution < 1.29 is 4.79 Å². The third-order valence-corrected chi connectivity index (χ3v) is 4.85. The van der Waals surface area contributed by atoms with Crippen LogP contribution < -0.4 is 4.90 Å². The van der Waals surface area contributed by atoms with Crippen molar-refractivity contribution in [1.29, 1.82) is 0 Å². The van der Waals surface area contributed by atoms with Crippen molar-refractivity contribution in [3.63, 3.8) is 0 Å². The van der Waals surface area contributed by atoms with Gasteiger partial charge in [0.1, 0.15) is 12.7 Å². The fourth-order valence-electron chi connectivity index (χ4n) is 3.50. The highest BCUT2D eigenvalue weighted by molar-refractivity contribution is 5.95. The first-order valence-corrected chi connectivity index (χ1v) is 9.12. The normalized spacial score (nSPS) is 15.4. The minimum atomic E-state index is 0.185. The molecule has 1 aromatic heterocycles. The minimum absolute atomic E-state index is 0.185. The molecular weight excluding hydrogens is 314 g/mol. The topological polar surface area (TPSA) is 54.3 Å². The molecule has 0 radical (unpaired) electrons. The van der Waals surface area contributed by atoms with Gasteiger partial charge in [0, 0.05) is 24.8 Å². The average molecular weight is 341 g/mol. The molecule has 3 rings (SSSR count). The number of para-hydroxylation sites is 1. The predicted octanol–water partition coefficient (Wildman–Crippen LogP) is 2.58. The van der Waals surface area contributed by atoms with E-state index in [1.165, 1.54) is 19.3 Å². The summed E-state index contributed by atoms with van der Waals surface area (Å²) in [5, 5.41) is 7.62. The molecule has 1 aliphatic carbocycles.